The highest BCUT2D eigenvalue weighted by atomic mass is 35.5. The Balaban J connectivity index is 2.28. The van der Waals surface area contributed by atoms with Crippen molar-refractivity contribution in [2.45, 2.75) is 12.8 Å². The molecule has 0 N–H and O–H groups in total. The first-order chi connectivity index (χ1) is 6.20. The summed E-state index contributed by atoms with van der Waals surface area (Å²) in [7, 11) is 4.05. The fourth-order valence-corrected chi connectivity index (χ4v) is 1.33. The maximum Gasteiger partial charge on any atom is 0.133 e. The number of allylic oxidation sites excluding steroid dienone is 3. The number of hydrogen-bond donors (Lipinski definition) is 0. The summed E-state index contributed by atoms with van der Waals surface area (Å²) in [6.07, 6.45) is 6.12. The van der Waals surface area contributed by atoms with E-state index >= 15 is 0 Å². The van der Waals surface area contributed by atoms with Gasteiger partial charge in [0.25, 0.3) is 0 Å². The van der Waals surface area contributed by atoms with E-state index in [1.807, 2.05) is 20.2 Å². The molecule has 0 heterocycles. The van der Waals surface area contributed by atoms with Crippen molar-refractivity contribution in [3.8, 4) is 0 Å². The zero-order valence-corrected chi connectivity index (χ0v) is 8.97. The molecular formula is C10H16ClNO. The maximum absolute atomic E-state index is 5.95. The third-order valence-electron chi connectivity index (χ3n) is 1.85. The number of rotatable bonds is 4. The van der Waals surface area contributed by atoms with Crippen LogP contribution in [0.4, 0.5) is 0 Å². The van der Waals surface area contributed by atoms with Crippen molar-refractivity contribution in [3.05, 3.63) is 22.9 Å². The first kappa shape index (κ1) is 10.6. The molecule has 0 spiro atoms. The van der Waals surface area contributed by atoms with Gasteiger partial charge in [-0.3, -0.25) is 0 Å². The molecule has 0 amide bonds. The standard InChI is InChI=1S/C10H16ClNO/c1-12(2)7-8-13-10-6-4-3-5-9(10)11/h5-6H,3-4,7-8H2,1-2H3. The third kappa shape index (κ3) is 3.83. The van der Waals surface area contributed by atoms with Crippen LogP contribution in [0.25, 0.3) is 0 Å². The number of nitrogens with zero attached hydrogens (tertiary/aromatic N) is 1. The van der Waals surface area contributed by atoms with Crippen molar-refractivity contribution in [3.63, 3.8) is 0 Å². The van der Waals surface area contributed by atoms with Gasteiger partial charge in [0.2, 0.25) is 0 Å². The van der Waals surface area contributed by atoms with Gasteiger partial charge in [0.15, 0.2) is 0 Å². The van der Waals surface area contributed by atoms with Gasteiger partial charge in [-0.05, 0) is 33.0 Å². The number of likely N-dealkylation sites (N-methyl/N-ethyl adjacent to an activating group) is 1. The van der Waals surface area contributed by atoms with E-state index in [1.54, 1.807) is 0 Å². The van der Waals surface area contributed by atoms with Crippen molar-refractivity contribution >= 4 is 11.6 Å². The highest BCUT2D eigenvalue weighted by Gasteiger charge is 2.06. The van der Waals surface area contributed by atoms with Gasteiger partial charge in [0.05, 0.1) is 5.03 Å². The van der Waals surface area contributed by atoms with E-state index in [0.717, 1.165) is 30.2 Å². The molecule has 0 aromatic rings. The van der Waals surface area contributed by atoms with Crippen molar-refractivity contribution < 1.29 is 4.74 Å². The molecule has 1 rings (SSSR count). The molecule has 0 saturated heterocycles. The third-order valence-corrected chi connectivity index (χ3v) is 2.19. The molecule has 3 heteroatoms. The minimum absolute atomic E-state index is 0.697. The summed E-state index contributed by atoms with van der Waals surface area (Å²) in [5.41, 5.74) is 0. The van der Waals surface area contributed by atoms with Crippen molar-refractivity contribution in [2.24, 2.45) is 0 Å². The summed E-state index contributed by atoms with van der Waals surface area (Å²) in [6.45, 7) is 1.62. The lowest BCUT2D eigenvalue weighted by atomic mass is 10.2. The molecule has 74 valence electrons. The molecule has 0 aliphatic heterocycles. The molecule has 0 saturated carbocycles. The minimum atomic E-state index is 0.697. The van der Waals surface area contributed by atoms with E-state index < -0.39 is 0 Å². The molecule has 0 aromatic heterocycles. The Kier molecular flexibility index (Phi) is 4.33. The molecule has 13 heavy (non-hydrogen) atoms. The highest BCUT2D eigenvalue weighted by Crippen LogP contribution is 2.22. The predicted octanol–water partition coefficient (Wildman–Crippen LogP) is 2.37. The predicted molar refractivity (Wildman–Crippen MR) is 55.8 cm³/mol. The molecule has 1 aliphatic rings. The fourth-order valence-electron chi connectivity index (χ4n) is 1.09. The van der Waals surface area contributed by atoms with Crippen LogP contribution in [0.3, 0.4) is 0 Å². The van der Waals surface area contributed by atoms with Crippen LogP contribution >= 0.6 is 11.6 Å². The Morgan fingerprint density at radius 3 is 2.69 bits per heavy atom. The van der Waals surface area contributed by atoms with Crippen LogP contribution in [0, 0.1) is 0 Å². The lowest BCUT2D eigenvalue weighted by Gasteiger charge is -2.15. The summed E-state index contributed by atoms with van der Waals surface area (Å²) < 4.78 is 5.53. The zero-order valence-electron chi connectivity index (χ0n) is 8.22. The molecule has 1 aliphatic carbocycles. The Bertz CT molecular complexity index is 221. The first-order valence-electron chi connectivity index (χ1n) is 4.54. The maximum atomic E-state index is 5.95. The van der Waals surface area contributed by atoms with Gasteiger partial charge in [0, 0.05) is 6.54 Å². The van der Waals surface area contributed by atoms with Gasteiger partial charge in [-0.25, -0.2) is 0 Å². The number of ether oxygens (including phenoxy) is 1. The van der Waals surface area contributed by atoms with E-state index in [4.69, 9.17) is 16.3 Å². The Labute approximate surface area is 84.8 Å². The summed E-state index contributed by atoms with van der Waals surface area (Å²) in [5, 5.41) is 0.755. The normalized spacial score (nSPS) is 16.9. The molecule has 0 bridgehead atoms. The van der Waals surface area contributed by atoms with Gasteiger partial charge in [-0.1, -0.05) is 17.7 Å². The Hall–Kier alpha value is -0.470. The topological polar surface area (TPSA) is 12.5 Å². The Morgan fingerprint density at radius 2 is 2.08 bits per heavy atom. The second-order valence-corrected chi connectivity index (χ2v) is 3.76. The zero-order chi connectivity index (χ0) is 9.68. The van der Waals surface area contributed by atoms with Gasteiger partial charge < -0.3 is 9.64 Å². The van der Waals surface area contributed by atoms with Gasteiger partial charge in [-0.15, -0.1) is 0 Å². The van der Waals surface area contributed by atoms with Crippen LogP contribution in [0.2, 0.25) is 0 Å². The SMILES string of the molecule is CN(C)CCOC1=CCCC=C1Cl. The van der Waals surface area contributed by atoms with E-state index in [2.05, 4.69) is 11.0 Å². The van der Waals surface area contributed by atoms with Crippen LogP contribution in [0.15, 0.2) is 22.9 Å². The molecule has 0 unspecified atom stereocenters. The second-order valence-electron chi connectivity index (χ2n) is 3.35. The smallest absolute Gasteiger partial charge is 0.133 e. The van der Waals surface area contributed by atoms with Crippen LogP contribution in [-0.4, -0.2) is 32.1 Å². The van der Waals surface area contributed by atoms with Crippen LogP contribution in [0.5, 0.6) is 0 Å². The summed E-state index contributed by atoms with van der Waals surface area (Å²) in [5.74, 6) is 0.842. The van der Waals surface area contributed by atoms with Crippen LogP contribution in [0.1, 0.15) is 12.8 Å². The molecule has 2 nitrogen and oxygen atoms in total. The monoisotopic (exact) mass is 201 g/mol. The van der Waals surface area contributed by atoms with Gasteiger partial charge >= 0.3 is 0 Å². The first-order valence-corrected chi connectivity index (χ1v) is 4.91. The minimum Gasteiger partial charge on any atom is -0.491 e. The van der Waals surface area contributed by atoms with Gasteiger partial charge in [0.1, 0.15) is 12.4 Å². The number of halogens is 1. The second kappa shape index (κ2) is 5.30. The average molecular weight is 202 g/mol. The van der Waals surface area contributed by atoms with Crippen molar-refractivity contribution in [2.75, 3.05) is 27.2 Å². The lowest BCUT2D eigenvalue weighted by molar-refractivity contribution is 0.190. The fraction of sp³-hybridized carbons (Fsp3) is 0.600. The molecule has 0 aromatic carbocycles. The van der Waals surface area contributed by atoms with E-state index in [1.165, 1.54) is 0 Å². The largest absolute Gasteiger partial charge is 0.491 e. The summed E-state index contributed by atoms with van der Waals surface area (Å²) in [4.78, 5) is 2.08. The van der Waals surface area contributed by atoms with E-state index in [9.17, 15) is 0 Å². The van der Waals surface area contributed by atoms with E-state index in [-0.39, 0.29) is 0 Å². The molecule has 0 radical (unpaired) electrons. The number of hydrogen-bond acceptors (Lipinski definition) is 2. The molecule has 0 fully saturated rings. The highest BCUT2D eigenvalue weighted by molar-refractivity contribution is 6.31. The van der Waals surface area contributed by atoms with Crippen LogP contribution < -0.4 is 0 Å². The van der Waals surface area contributed by atoms with E-state index in [0.29, 0.717) is 6.61 Å². The molecule has 0 atom stereocenters. The van der Waals surface area contributed by atoms with Gasteiger partial charge in [-0.2, -0.15) is 0 Å². The molecular weight excluding hydrogens is 186 g/mol. The van der Waals surface area contributed by atoms with Crippen molar-refractivity contribution in [1.82, 2.24) is 4.90 Å². The summed E-state index contributed by atoms with van der Waals surface area (Å²) >= 11 is 5.95. The van der Waals surface area contributed by atoms with Crippen molar-refractivity contribution in [1.29, 1.82) is 0 Å². The quantitative estimate of drug-likeness (QED) is 0.693. The Morgan fingerprint density at radius 1 is 1.38 bits per heavy atom. The van der Waals surface area contributed by atoms with Crippen LogP contribution in [-0.2, 0) is 4.74 Å². The average Bonchev–Trinajstić information content (AvgIpc) is 2.08. The summed E-state index contributed by atoms with van der Waals surface area (Å²) in [6, 6.07) is 0. The lowest BCUT2D eigenvalue weighted by Crippen LogP contribution is -2.18.